The first-order valence-corrected chi connectivity index (χ1v) is 36.3. The Morgan fingerprint density at radius 2 is 0.476 bits per heavy atom. The molecule has 1 atom stereocenters. The number of rotatable bonds is 67. The maximum absolute atomic E-state index is 13.0. The molecule has 0 amide bonds. The molecule has 0 radical (unpaired) electrons. The minimum atomic E-state index is -0.775. The molecule has 0 fully saturated rings. The summed E-state index contributed by atoms with van der Waals surface area (Å²) >= 11 is 0. The third kappa shape index (κ3) is 67.9. The van der Waals surface area contributed by atoms with Gasteiger partial charge in [0.15, 0.2) is 6.10 Å². The van der Waals surface area contributed by atoms with Gasteiger partial charge in [0.05, 0.1) is 0 Å². The Morgan fingerprint density at radius 3 is 0.756 bits per heavy atom. The zero-order chi connectivity index (χ0) is 59.2. The monoisotopic (exact) mass is 1150 g/mol. The van der Waals surface area contributed by atoms with Crippen molar-refractivity contribution in [1.29, 1.82) is 0 Å². The summed E-state index contributed by atoms with van der Waals surface area (Å²) in [6.45, 7) is 6.58. The number of carbonyl (C=O) groups is 3. The number of carbonyl (C=O) groups excluding carboxylic acids is 3. The van der Waals surface area contributed by atoms with E-state index in [0.717, 1.165) is 83.5 Å². The number of ether oxygens (including phenoxy) is 3. The van der Waals surface area contributed by atoms with Gasteiger partial charge in [0.25, 0.3) is 0 Å². The van der Waals surface area contributed by atoms with Gasteiger partial charge in [0.1, 0.15) is 13.2 Å². The largest absolute Gasteiger partial charge is 0.462 e. The van der Waals surface area contributed by atoms with E-state index in [1.54, 1.807) is 0 Å². The van der Waals surface area contributed by atoms with E-state index in [2.05, 4.69) is 81.5 Å². The SMILES string of the molecule is CC/C=C\C/C=C\C/C=C\C/C=C\CCCCCCCCCCCCC(=O)OC(COC(=O)CCCCCCCCCCCCCC)COC(=O)CCCCCCCCCCCCCCCCCCC/C=C\CCCCCCCCCC. The van der Waals surface area contributed by atoms with Crippen LogP contribution in [-0.2, 0) is 28.6 Å². The molecule has 0 heterocycles. The summed E-state index contributed by atoms with van der Waals surface area (Å²) in [6, 6.07) is 0. The Bertz CT molecular complexity index is 1460. The second kappa shape index (κ2) is 70.6. The minimum absolute atomic E-state index is 0.0708. The van der Waals surface area contributed by atoms with Gasteiger partial charge in [-0.1, -0.05) is 345 Å². The van der Waals surface area contributed by atoms with Gasteiger partial charge in [-0.3, -0.25) is 14.4 Å². The third-order valence-corrected chi connectivity index (χ3v) is 16.3. The molecule has 0 bridgehead atoms. The van der Waals surface area contributed by atoms with Crippen molar-refractivity contribution in [2.75, 3.05) is 13.2 Å². The lowest BCUT2D eigenvalue weighted by molar-refractivity contribution is -0.167. The third-order valence-electron chi connectivity index (χ3n) is 16.3. The fraction of sp³-hybridized carbons (Fsp3) is 0.829. The van der Waals surface area contributed by atoms with Crippen molar-refractivity contribution in [2.24, 2.45) is 0 Å². The molecule has 0 aliphatic rings. The molecule has 0 spiro atoms. The van der Waals surface area contributed by atoms with Crippen LogP contribution in [0.15, 0.2) is 60.8 Å². The van der Waals surface area contributed by atoms with Crippen LogP contribution in [-0.4, -0.2) is 37.2 Å². The van der Waals surface area contributed by atoms with Crippen LogP contribution in [0, 0.1) is 0 Å². The summed E-state index contributed by atoms with van der Waals surface area (Å²) < 4.78 is 17.0. The smallest absolute Gasteiger partial charge is 0.306 e. The van der Waals surface area contributed by atoms with Gasteiger partial charge < -0.3 is 14.2 Å². The minimum Gasteiger partial charge on any atom is -0.462 e. The Labute approximate surface area is 510 Å². The first-order valence-electron chi connectivity index (χ1n) is 36.3. The molecule has 0 aromatic heterocycles. The molecule has 0 aliphatic carbocycles. The molecule has 6 heteroatoms. The van der Waals surface area contributed by atoms with Gasteiger partial charge >= 0.3 is 17.9 Å². The maximum Gasteiger partial charge on any atom is 0.306 e. The van der Waals surface area contributed by atoms with E-state index in [-0.39, 0.29) is 31.1 Å². The topological polar surface area (TPSA) is 78.9 Å². The van der Waals surface area contributed by atoms with Crippen LogP contribution >= 0.6 is 0 Å². The lowest BCUT2D eigenvalue weighted by Gasteiger charge is -2.18. The van der Waals surface area contributed by atoms with Gasteiger partial charge in [-0.15, -0.1) is 0 Å². The van der Waals surface area contributed by atoms with E-state index in [4.69, 9.17) is 14.2 Å². The van der Waals surface area contributed by atoms with E-state index < -0.39 is 6.10 Å². The molecule has 0 aliphatic heterocycles. The Morgan fingerprint density at radius 1 is 0.256 bits per heavy atom. The van der Waals surface area contributed by atoms with Gasteiger partial charge in [-0.25, -0.2) is 0 Å². The van der Waals surface area contributed by atoms with Crippen LogP contribution in [0.1, 0.15) is 387 Å². The van der Waals surface area contributed by atoms with Crippen molar-refractivity contribution in [3.63, 3.8) is 0 Å². The summed E-state index contributed by atoms with van der Waals surface area (Å²) in [4.78, 5) is 38.4. The van der Waals surface area contributed by atoms with E-state index in [1.807, 2.05) is 0 Å². The molecule has 0 aromatic rings. The Balaban J connectivity index is 4.19. The normalized spacial score (nSPS) is 12.4. The highest BCUT2D eigenvalue weighted by Crippen LogP contribution is 2.18. The lowest BCUT2D eigenvalue weighted by Crippen LogP contribution is -2.30. The number of hydrogen-bond donors (Lipinski definition) is 0. The van der Waals surface area contributed by atoms with E-state index >= 15 is 0 Å². The average molecular weight is 1150 g/mol. The molecule has 0 saturated heterocycles. The van der Waals surface area contributed by atoms with E-state index in [1.165, 1.54) is 263 Å². The van der Waals surface area contributed by atoms with Crippen LogP contribution in [0.5, 0.6) is 0 Å². The van der Waals surface area contributed by atoms with Crippen molar-refractivity contribution in [3.8, 4) is 0 Å². The number of esters is 3. The predicted molar refractivity (Wildman–Crippen MR) is 358 cm³/mol. The fourth-order valence-corrected chi connectivity index (χ4v) is 10.8. The highest BCUT2D eigenvalue weighted by atomic mass is 16.6. The van der Waals surface area contributed by atoms with Crippen molar-refractivity contribution in [2.45, 2.75) is 393 Å². The van der Waals surface area contributed by atoms with Gasteiger partial charge in [0.2, 0.25) is 0 Å². The lowest BCUT2D eigenvalue weighted by atomic mass is 10.0. The standard InChI is InChI=1S/C76H138O6/c1-4-7-10-13-16-19-22-25-27-29-31-33-35-36-37-38-39-40-42-43-45-47-49-51-54-57-60-63-66-69-75(78)81-72-73(71-80-74(77)68-65-62-59-56-53-24-21-18-15-12-9-6-3)82-76(79)70-67-64-61-58-55-52-50-48-46-44-41-34-32-30-28-26-23-20-17-14-11-8-5-2/h8,11,17,20,26,28-29,31-32,34,73H,4-7,9-10,12-16,18-19,21-25,27,30,33,35-72H2,1-3H3/b11-8-,20-17-,28-26-,31-29-,34-32-. The predicted octanol–water partition coefficient (Wildman–Crippen LogP) is 25.1. The van der Waals surface area contributed by atoms with Gasteiger partial charge in [0, 0.05) is 19.3 Å². The fourth-order valence-electron chi connectivity index (χ4n) is 10.8. The average Bonchev–Trinajstić information content (AvgIpc) is 3.47. The van der Waals surface area contributed by atoms with Crippen molar-refractivity contribution in [3.05, 3.63) is 60.8 Å². The van der Waals surface area contributed by atoms with Gasteiger partial charge in [-0.05, 0) is 83.5 Å². The summed E-state index contributed by atoms with van der Waals surface area (Å²) in [6.07, 6.45) is 91.2. The highest BCUT2D eigenvalue weighted by Gasteiger charge is 2.19. The number of hydrogen-bond acceptors (Lipinski definition) is 6. The van der Waals surface area contributed by atoms with Crippen LogP contribution in [0.4, 0.5) is 0 Å². The summed E-state index contributed by atoms with van der Waals surface area (Å²) in [5.74, 6) is -0.850. The first kappa shape index (κ1) is 79.1. The van der Waals surface area contributed by atoms with Crippen LogP contribution in [0.3, 0.4) is 0 Å². The molecule has 0 rings (SSSR count). The molecule has 478 valence electrons. The molecular weight excluding hydrogens is 1010 g/mol. The molecule has 0 aromatic carbocycles. The number of allylic oxidation sites excluding steroid dienone is 10. The molecule has 0 saturated carbocycles. The van der Waals surface area contributed by atoms with E-state index in [0.29, 0.717) is 19.3 Å². The first-order chi connectivity index (χ1) is 40.5. The van der Waals surface area contributed by atoms with Crippen LogP contribution in [0.2, 0.25) is 0 Å². The van der Waals surface area contributed by atoms with Crippen molar-refractivity contribution < 1.29 is 28.6 Å². The molecular formula is C76H138O6. The Hall–Kier alpha value is -2.89. The highest BCUT2D eigenvalue weighted by molar-refractivity contribution is 5.71. The molecule has 0 N–H and O–H groups in total. The summed E-state index contributed by atoms with van der Waals surface area (Å²) in [5.41, 5.74) is 0. The maximum atomic E-state index is 13.0. The second-order valence-corrected chi connectivity index (χ2v) is 24.5. The van der Waals surface area contributed by atoms with Crippen molar-refractivity contribution >= 4 is 17.9 Å². The quantitative estimate of drug-likeness (QED) is 0.0261. The number of unbranched alkanes of at least 4 members (excludes halogenated alkanes) is 46. The van der Waals surface area contributed by atoms with Crippen LogP contribution in [0.25, 0.3) is 0 Å². The molecule has 1 unspecified atom stereocenters. The Kier molecular flexibility index (Phi) is 68.1. The summed E-state index contributed by atoms with van der Waals surface area (Å²) in [5, 5.41) is 0. The second-order valence-electron chi connectivity index (χ2n) is 24.5. The van der Waals surface area contributed by atoms with E-state index in [9.17, 15) is 14.4 Å². The molecule has 82 heavy (non-hydrogen) atoms. The summed E-state index contributed by atoms with van der Waals surface area (Å²) in [7, 11) is 0. The zero-order valence-electron chi connectivity index (χ0n) is 55.0. The zero-order valence-corrected chi connectivity index (χ0v) is 55.0. The molecule has 6 nitrogen and oxygen atoms in total. The van der Waals surface area contributed by atoms with Gasteiger partial charge in [-0.2, -0.15) is 0 Å². The van der Waals surface area contributed by atoms with Crippen LogP contribution < -0.4 is 0 Å². The van der Waals surface area contributed by atoms with Crippen molar-refractivity contribution in [1.82, 2.24) is 0 Å².